The maximum absolute atomic E-state index is 10.6. The highest BCUT2D eigenvalue weighted by Crippen LogP contribution is 2.21. The molecule has 0 amide bonds. The fraction of sp³-hybridized carbons (Fsp3) is 0.421. The van der Waals surface area contributed by atoms with E-state index < -0.39 is 5.60 Å². The summed E-state index contributed by atoms with van der Waals surface area (Å²) in [5, 5.41) is 13.8. The number of furan rings is 1. The Hall–Kier alpha value is -1.92. The van der Waals surface area contributed by atoms with Crippen LogP contribution in [0.15, 0.2) is 57.0 Å². The van der Waals surface area contributed by atoms with Gasteiger partial charge in [-0.15, -0.1) is 11.8 Å². The largest absolute Gasteiger partial charge is 0.466 e. The Bertz CT molecular complexity index is 666. The Kier molecular flexibility index (Phi) is 6.96. The van der Waals surface area contributed by atoms with Crippen LogP contribution in [-0.4, -0.2) is 42.4 Å². The number of guanidine groups is 1. The minimum Gasteiger partial charge on any atom is -0.466 e. The van der Waals surface area contributed by atoms with Crippen molar-refractivity contribution in [3.63, 3.8) is 0 Å². The third-order valence-electron chi connectivity index (χ3n) is 3.86. The monoisotopic (exact) mass is 361 g/mol. The molecule has 2 N–H and O–H groups in total. The van der Waals surface area contributed by atoms with Crippen LogP contribution in [0.4, 0.5) is 0 Å². The van der Waals surface area contributed by atoms with E-state index in [-0.39, 0.29) is 6.54 Å². The fourth-order valence-electron chi connectivity index (χ4n) is 2.44. The van der Waals surface area contributed by atoms with Crippen molar-refractivity contribution in [2.75, 3.05) is 26.4 Å². The zero-order chi connectivity index (χ0) is 18.3. The van der Waals surface area contributed by atoms with Gasteiger partial charge in [0.15, 0.2) is 5.96 Å². The molecule has 0 aliphatic heterocycles. The molecule has 0 radical (unpaired) electrons. The lowest BCUT2D eigenvalue weighted by Crippen LogP contribution is -2.39. The third kappa shape index (κ3) is 5.54. The summed E-state index contributed by atoms with van der Waals surface area (Å²) in [6.07, 6.45) is 3.63. The van der Waals surface area contributed by atoms with Gasteiger partial charge in [0.1, 0.15) is 11.4 Å². The first-order valence-corrected chi connectivity index (χ1v) is 9.57. The van der Waals surface area contributed by atoms with Gasteiger partial charge in [0.25, 0.3) is 0 Å². The summed E-state index contributed by atoms with van der Waals surface area (Å²) in [6.45, 7) is 5.46. The highest BCUT2D eigenvalue weighted by Gasteiger charge is 2.26. The normalized spacial score (nSPS) is 14.2. The van der Waals surface area contributed by atoms with Crippen LogP contribution in [0.25, 0.3) is 0 Å². The summed E-state index contributed by atoms with van der Waals surface area (Å²) in [6, 6.07) is 12.0. The smallest absolute Gasteiger partial charge is 0.194 e. The summed E-state index contributed by atoms with van der Waals surface area (Å²) in [5.74, 6) is 1.27. The fourth-order valence-corrected chi connectivity index (χ4v) is 2.85. The van der Waals surface area contributed by atoms with Crippen molar-refractivity contribution in [2.45, 2.75) is 30.9 Å². The van der Waals surface area contributed by atoms with Gasteiger partial charge in [0.05, 0.1) is 12.8 Å². The number of nitrogens with zero attached hydrogens (tertiary/aromatic N) is 2. The molecule has 1 aromatic heterocycles. The first-order valence-electron chi connectivity index (χ1n) is 8.35. The van der Waals surface area contributed by atoms with Gasteiger partial charge in [-0.05, 0) is 49.9 Å². The quantitative estimate of drug-likeness (QED) is 0.450. The molecule has 0 bridgehead atoms. The highest BCUT2D eigenvalue weighted by molar-refractivity contribution is 7.98. The van der Waals surface area contributed by atoms with Crippen molar-refractivity contribution in [1.29, 1.82) is 0 Å². The number of thioether (sulfide) groups is 1. The van der Waals surface area contributed by atoms with Crippen LogP contribution in [0.1, 0.15) is 25.2 Å². The molecule has 1 atom stereocenters. The van der Waals surface area contributed by atoms with E-state index in [2.05, 4.69) is 45.7 Å². The van der Waals surface area contributed by atoms with Gasteiger partial charge in [-0.3, -0.25) is 0 Å². The van der Waals surface area contributed by atoms with Gasteiger partial charge >= 0.3 is 0 Å². The maximum Gasteiger partial charge on any atom is 0.194 e. The van der Waals surface area contributed by atoms with Gasteiger partial charge in [0.2, 0.25) is 0 Å². The molecule has 136 valence electrons. The molecular formula is C19H27N3O2S. The second kappa shape index (κ2) is 8.97. The number of rotatable bonds is 7. The van der Waals surface area contributed by atoms with Crippen molar-refractivity contribution in [3.05, 3.63) is 54.0 Å². The van der Waals surface area contributed by atoms with Gasteiger partial charge in [0, 0.05) is 25.0 Å². The lowest BCUT2D eigenvalue weighted by atomic mass is 10.0. The predicted molar refractivity (Wildman–Crippen MR) is 104 cm³/mol. The SMILES string of the molecule is CCNC(=NCC(C)(O)c1ccco1)N(C)Cc1ccc(SC)cc1. The van der Waals surface area contributed by atoms with E-state index >= 15 is 0 Å². The summed E-state index contributed by atoms with van der Waals surface area (Å²) in [4.78, 5) is 7.89. The molecule has 0 aliphatic rings. The molecule has 6 heteroatoms. The van der Waals surface area contributed by atoms with Crippen LogP contribution in [-0.2, 0) is 12.1 Å². The Morgan fingerprint density at radius 1 is 1.32 bits per heavy atom. The molecule has 2 aromatic rings. The summed E-state index contributed by atoms with van der Waals surface area (Å²) in [5.41, 5.74) is 0.0778. The number of aliphatic hydroxyl groups is 1. The third-order valence-corrected chi connectivity index (χ3v) is 4.61. The minimum absolute atomic E-state index is 0.221. The molecule has 1 heterocycles. The highest BCUT2D eigenvalue weighted by atomic mass is 32.2. The van der Waals surface area contributed by atoms with Gasteiger partial charge in [-0.25, -0.2) is 4.99 Å². The molecule has 5 nitrogen and oxygen atoms in total. The Morgan fingerprint density at radius 2 is 2.04 bits per heavy atom. The van der Waals surface area contributed by atoms with E-state index in [4.69, 9.17) is 4.42 Å². The zero-order valence-electron chi connectivity index (χ0n) is 15.3. The molecule has 0 fully saturated rings. The van der Waals surface area contributed by atoms with E-state index in [0.717, 1.165) is 19.0 Å². The lowest BCUT2D eigenvalue weighted by molar-refractivity contribution is 0.0435. The van der Waals surface area contributed by atoms with Crippen molar-refractivity contribution in [2.24, 2.45) is 4.99 Å². The Labute approximate surface area is 154 Å². The van der Waals surface area contributed by atoms with Crippen LogP contribution in [0.3, 0.4) is 0 Å². The molecular weight excluding hydrogens is 334 g/mol. The van der Waals surface area contributed by atoms with E-state index in [9.17, 15) is 5.11 Å². The van der Waals surface area contributed by atoms with Crippen LogP contribution in [0.2, 0.25) is 0 Å². The minimum atomic E-state index is -1.13. The van der Waals surface area contributed by atoms with Crippen molar-refractivity contribution in [1.82, 2.24) is 10.2 Å². The van der Waals surface area contributed by atoms with Crippen molar-refractivity contribution in [3.8, 4) is 0 Å². The van der Waals surface area contributed by atoms with Crippen LogP contribution in [0.5, 0.6) is 0 Å². The summed E-state index contributed by atoms with van der Waals surface area (Å²) in [7, 11) is 1.99. The molecule has 0 spiro atoms. The number of hydrogen-bond donors (Lipinski definition) is 2. The number of benzene rings is 1. The Morgan fingerprint density at radius 3 is 2.60 bits per heavy atom. The molecule has 25 heavy (non-hydrogen) atoms. The van der Waals surface area contributed by atoms with Gasteiger partial charge < -0.3 is 19.7 Å². The standard InChI is InChI=1S/C19H27N3O2S/c1-5-20-18(21-14-19(2,23)17-7-6-12-24-17)22(3)13-15-8-10-16(25-4)11-9-15/h6-12,23H,5,13-14H2,1-4H3,(H,20,21). The van der Waals surface area contributed by atoms with Gasteiger partial charge in [-0.1, -0.05) is 12.1 Å². The Balaban J connectivity index is 2.07. The summed E-state index contributed by atoms with van der Waals surface area (Å²) >= 11 is 1.73. The molecule has 0 saturated heterocycles. The van der Waals surface area contributed by atoms with E-state index in [1.165, 1.54) is 10.5 Å². The maximum atomic E-state index is 10.6. The zero-order valence-corrected chi connectivity index (χ0v) is 16.1. The molecule has 0 aliphatic carbocycles. The van der Waals surface area contributed by atoms with E-state index in [1.54, 1.807) is 37.1 Å². The number of nitrogens with one attached hydrogen (secondary N) is 1. The number of hydrogen-bond acceptors (Lipinski definition) is 4. The first-order chi connectivity index (χ1) is 12.0. The van der Waals surface area contributed by atoms with Crippen LogP contribution in [0, 0.1) is 0 Å². The second-order valence-corrected chi connectivity index (χ2v) is 7.01. The average molecular weight is 362 g/mol. The molecule has 1 unspecified atom stereocenters. The van der Waals surface area contributed by atoms with Gasteiger partial charge in [-0.2, -0.15) is 0 Å². The average Bonchev–Trinajstić information content (AvgIpc) is 3.15. The first kappa shape index (κ1) is 19.4. The molecule has 2 rings (SSSR count). The van der Waals surface area contributed by atoms with Crippen LogP contribution >= 0.6 is 11.8 Å². The summed E-state index contributed by atoms with van der Waals surface area (Å²) < 4.78 is 5.31. The van der Waals surface area contributed by atoms with Crippen molar-refractivity contribution < 1.29 is 9.52 Å². The molecule has 1 aromatic carbocycles. The lowest BCUT2D eigenvalue weighted by Gasteiger charge is -2.24. The van der Waals surface area contributed by atoms with Crippen LogP contribution < -0.4 is 5.32 Å². The van der Waals surface area contributed by atoms with Crippen molar-refractivity contribution >= 4 is 17.7 Å². The predicted octanol–water partition coefficient (Wildman–Crippen LogP) is 3.31. The number of aliphatic imine (C=N–C) groups is 1. The van der Waals surface area contributed by atoms with E-state index in [1.807, 2.05) is 14.0 Å². The second-order valence-electron chi connectivity index (χ2n) is 6.13. The van der Waals surface area contributed by atoms with E-state index in [0.29, 0.717) is 5.76 Å². The topological polar surface area (TPSA) is 61.0 Å². The molecule has 0 saturated carbocycles.